The van der Waals surface area contributed by atoms with E-state index in [1.165, 1.54) is 6.33 Å². The van der Waals surface area contributed by atoms with Gasteiger partial charge in [-0.05, 0) is 12.1 Å². The summed E-state index contributed by atoms with van der Waals surface area (Å²) in [6.45, 7) is 3.59. The van der Waals surface area contributed by atoms with E-state index in [9.17, 15) is 0 Å². The summed E-state index contributed by atoms with van der Waals surface area (Å²) < 4.78 is 0. The molecule has 19 heavy (non-hydrogen) atoms. The highest BCUT2D eigenvalue weighted by Crippen LogP contribution is 2.23. The van der Waals surface area contributed by atoms with Gasteiger partial charge >= 0.3 is 0 Å². The highest BCUT2D eigenvalue weighted by atomic mass is 35.5. The Morgan fingerprint density at radius 2 is 1.79 bits per heavy atom. The van der Waals surface area contributed by atoms with Gasteiger partial charge in [-0.15, -0.1) is 0 Å². The summed E-state index contributed by atoms with van der Waals surface area (Å²) in [6.07, 6.45) is 4.99. The predicted octanol–water partition coefficient (Wildman–Crippen LogP) is 1.85. The Labute approximate surface area is 116 Å². The van der Waals surface area contributed by atoms with Crippen LogP contribution < -0.4 is 9.80 Å². The monoisotopic (exact) mass is 275 g/mol. The van der Waals surface area contributed by atoms with E-state index in [2.05, 4.69) is 24.8 Å². The van der Waals surface area contributed by atoms with Gasteiger partial charge in [-0.1, -0.05) is 17.7 Å². The van der Waals surface area contributed by atoms with Crippen molar-refractivity contribution in [2.45, 2.75) is 0 Å². The molecule has 0 atom stereocenters. The summed E-state index contributed by atoms with van der Waals surface area (Å²) in [6, 6.07) is 5.98. The molecule has 0 spiro atoms. The van der Waals surface area contributed by atoms with Crippen LogP contribution in [0.1, 0.15) is 0 Å². The fourth-order valence-corrected chi connectivity index (χ4v) is 2.45. The second kappa shape index (κ2) is 5.40. The molecule has 98 valence electrons. The van der Waals surface area contributed by atoms with Crippen molar-refractivity contribution >= 4 is 23.2 Å². The van der Waals surface area contributed by atoms with E-state index < -0.39 is 0 Å². The Kier molecular flexibility index (Phi) is 3.46. The maximum atomic E-state index is 6.12. The molecule has 1 aliphatic heterocycles. The Morgan fingerprint density at radius 3 is 2.47 bits per heavy atom. The van der Waals surface area contributed by atoms with Crippen molar-refractivity contribution in [2.24, 2.45) is 0 Å². The molecule has 0 aliphatic carbocycles. The largest absolute Gasteiger partial charge is 0.353 e. The predicted molar refractivity (Wildman–Crippen MR) is 75.7 cm³/mol. The third-order valence-electron chi connectivity index (χ3n) is 3.20. The first kappa shape index (κ1) is 12.2. The minimum Gasteiger partial charge on any atom is -0.353 e. The first-order valence-corrected chi connectivity index (χ1v) is 6.59. The normalized spacial score (nSPS) is 15.6. The molecule has 1 aliphatic rings. The van der Waals surface area contributed by atoms with Crippen LogP contribution in [0.5, 0.6) is 0 Å². The lowest BCUT2D eigenvalue weighted by Crippen LogP contribution is -2.47. The van der Waals surface area contributed by atoms with E-state index in [0.29, 0.717) is 5.02 Å². The quantitative estimate of drug-likeness (QED) is 0.837. The number of hydrogen-bond donors (Lipinski definition) is 0. The van der Waals surface area contributed by atoms with Crippen LogP contribution in [0, 0.1) is 0 Å². The topological polar surface area (TPSA) is 45.2 Å². The van der Waals surface area contributed by atoms with Gasteiger partial charge in [0.15, 0.2) is 5.82 Å². The average molecular weight is 276 g/mol. The molecule has 0 bridgehead atoms. The molecule has 0 unspecified atom stereocenters. The van der Waals surface area contributed by atoms with E-state index in [1.54, 1.807) is 6.20 Å². The molecule has 0 N–H and O–H groups in total. The van der Waals surface area contributed by atoms with Crippen LogP contribution in [-0.2, 0) is 0 Å². The zero-order valence-electron chi connectivity index (χ0n) is 10.4. The molecule has 1 saturated heterocycles. The fourth-order valence-electron chi connectivity index (χ4n) is 2.23. The smallest absolute Gasteiger partial charge is 0.150 e. The van der Waals surface area contributed by atoms with Gasteiger partial charge in [0.2, 0.25) is 0 Å². The highest BCUT2D eigenvalue weighted by molar-refractivity contribution is 6.32. The van der Waals surface area contributed by atoms with E-state index >= 15 is 0 Å². The Morgan fingerprint density at radius 1 is 1.00 bits per heavy atom. The number of pyridine rings is 1. The number of rotatable bonds is 2. The summed E-state index contributed by atoms with van der Waals surface area (Å²) in [5.74, 6) is 1.84. The van der Waals surface area contributed by atoms with Gasteiger partial charge in [-0.3, -0.25) is 0 Å². The van der Waals surface area contributed by atoms with Crippen molar-refractivity contribution in [1.82, 2.24) is 15.0 Å². The maximum Gasteiger partial charge on any atom is 0.150 e. The van der Waals surface area contributed by atoms with Crippen molar-refractivity contribution in [1.29, 1.82) is 0 Å². The molecule has 0 saturated carbocycles. The minimum atomic E-state index is 0.605. The molecule has 3 rings (SSSR count). The van der Waals surface area contributed by atoms with Gasteiger partial charge in [-0.2, -0.15) is 0 Å². The standard InChI is InChI=1S/C13H14ClN5/c14-11-9-15-10-17-13(11)19-7-5-18(6-8-19)12-3-1-2-4-16-12/h1-4,9-10H,5-8H2. The van der Waals surface area contributed by atoms with Crippen LogP contribution in [0.25, 0.3) is 0 Å². The summed E-state index contributed by atoms with van der Waals surface area (Å²) in [5.41, 5.74) is 0. The van der Waals surface area contributed by atoms with Crippen LogP contribution >= 0.6 is 11.6 Å². The number of piperazine rings is 1. The average Bonchev–Trinajstić information content (AvgIpc) is 2.49. The van der Waals surface area contributed by atoms with Crippen molar-refractivity contribution in [3.63, 3.8) is 0 Å². The SMILES string of the molecule is Clc1cncnc1N1CCN(c2ccccn2)CC1. The summed E-state index contributed by atoms with van der Waals surface area (Å²) in [5, 5.41) is 0.605. The van der Waals surface area contributed by atoms with Crippen molar-refractivity contribution in [3.8, 4) is 0 Å². The third kappa shape index (κ3) is 2.61. The van der Waals surface area contributed by atoms with Gasteiger partial charge < -0.3 is 9.80 Å². The van der Waals surface area contributed by atoms with Crippen molar-refractivity contribution < 1.29 is 0 Å². The van der Waals surface area contributed by atoms with Gasteiger partial charge in [0.25, 0.3) is 0 Å². The number of nitrogens with zero attached hydrogens (tertiary/aromatic N) is 5. The van der Waals surface area contributed by atoms with E-state index in [1.807, 2.05) is 24.4 Å². The van der Waals surface area contributed by atoms with E-state index in [-0.39, 0.29) is 0 Å². The molecule has 6 heteroatoms. The first-order valence-electron chi connectivity index (χ1n) is 6.21. The zero-order chi connectivity index (χ0) is 13.1. The third-order valence-corrected chi connectivity index (χ3v) is 3.47. The lowest BCUT2D eigenvalue weighted by atomic mass is 10.3. The maximum absolute atomic E-state index is 6.12. The molecule has 5 nitrogen and oxygen atoms in total. The molecular formula is C13H14ClN5. The lowest BCUT2D eigenvalue weighted by molar-refractivity contribution is 0.641. The summed E-state index contributed by atoms with van der Waals surface area (Å²) in [4.78, 5) is 17.0. The van der Waals surface area contributed by atoms with Crippen LogP contribution in [0.4, 0.5) is 11.6 Å². The fraction of sp³-hybridized carbons (Fsp3) is 0.308. The van der Waals surface area contributed by atoms with E-state index in [0.717, 1.165) is 37.8 Å². The molecule has 2 aromatic rings. The molecule has 3 heterocycles. The van der Waals surface area contributed by atoms with Crippen molar-refractivity contribution in [2.75, 3.05) is 36.0 Å². The molecular weight excluding hydrogens is 262 g/mol. The summed E-state index contributed by atoms with van der Waals surface area (Å²) >= 11 is 6.12. The molecule has 1 fully saturated rings. The minimum absolute atomic E-state index is 0.605. The Hall–Kier alpha value is -1.88. The number of hydrogen-bond acceptors (Lipinski definition) is 5. The number of halogens is 1. The Bertz CT molecular complexity index is 540. The number of aromatic nitrogens is 3. The molecule has 0 aromatic carbocycles. The second-order valence-electron chi connectivity index (χ2n) is 4.36. The first-order chi connectivity index (χ1) is 9.34. The van der Waals surface area contributed by atoms with Crippen LogP contribution in [0.2, 0.25) is 5.02 Å². The van der Waals surface area contributed by atoms with Crippen molar-refractivity contribution in [3.05, 3.63) is 41.9 Å². The molecule has 2 aromatic heterocycles. The van der Waals surface area contributed by atoms with Crippen LogP contribution in [0.3, 0.4) is 0 Å². The van der Waals surface area contributed by atoms with Gasteiger partial charge in [-0.25, -0.2) is 15.0 Å². The molecule has 0 radical (unpaired) electrons. The number of anilines is 2. The van der Waals surface area contributed by atoms with E-state index in [4.69, 9.17) is 11.6 Å². The van der Waals surface area contributed by atoms with Crippen LogP contribution in [0.15, 0.2) is 36.9 Å². The zero-order valence-corrected chi connectivity index (χ0v) is 11.2. The van der Waals surface area contributed by atoms with Gasteiger partial charge in [0, 0.05) is 32.4 Å². The van der Waals surface area contributed by atoms with Crippen LogP contribution in [-0.4, -0.2) is 41.1 Å². The van der Waals surface area contributed by atoms with Gasteiger partial charge in [0.1, 0.15) is 17.2 Å². The summed E-state index contributed by atoms with van der Waals surface area (Å²) in [7, 11) is 0. The highest BCUT2D eigenvalue weighted by Gasteiger charge is 2.20. The Balaban J connectivity index is 1.69. The molecule has 0 amide bonds. The van der Waals surface area contributed by atoms with Gasteiger partial charge in [0.05, 0.1) is 6.20 Å². The second-order valence-corrected chi connectivity index (χ2v) is 4.76. The lowest BCUT2D eigenvalue weighted by Gasteiger charge is -2.36.